The van der Waals surface area contributed by atoms with Gasteiger partial charge < -0.3 is 5.32 Å². The summed E-state index contributed by atoms with van der Waals surface area (Å²) in [5.41, 5.74) is 0.913. The minimum absolute atomic E-state index is 0.155. The van der Waals surface area contributed by atoms with Crippen molar-refractivity contribution in [1.29, 1.82) is 0 Å². The van der Waals surface area contributed by atoms with Crippen LogP contribution in [0.25, 0.3) is 0 Å². The molecular weight excluding hydrogens is 450 g/mol. The van der Waals surface area contributed by atoms with Crippen LogP contribution in [-0.4, -0.2) is 25.9 Å². The first-order valence-electron chi connectivity index (χ1n) is 8.28. The minimum atomic E-state index is -3.66. The van der Waals surface area contributed by atoms with E-state index in [9.17, 15) is 13.2 Å². The van der Waals surface area contributed by atoms with Gasteiger partial charge in [-0.15, -0.1) is 17.9 Å². The Morgan fingerprint density at radius 2 is 1.93 bits per heavy atom. The number of thiophene rings is 1. The second-order valence-electron chi connectivity index (χ2n) is 5.67. The number of nitrogens with one attached hydrogen (secondary N) is 2. The van der Waals surface area contributed by atoms with E-state index in [4.69, 9.17) is 11.6 Å². The summed E-state index contributed by atoms with van der Waals surface area (Å²) >= 11 is 8.20. The van der Waals surface area contributed by atoms with Crippen molar-refractivity contribution >= 4 is 56.3 Å². The van der Waals surface area contributed by atoms with Gasteiger partial charge in [-0.1, -0.05) is 29.4 Å². The Bertz CT molecular complexity index is 1110. The molecule has 6 nitrogen and oxygen atoms in total. The molecule has 0 fully saturated rings. The number of sulfonamides is 1. The Morgan fingerprint density at radius 3 is 2.52 bits per heavy atom. The van der Waals surface area contributed by atoms with Crippen molar-refractivity contribution in [3.63, 3.8) is 0 Å². The molecule has 2 aromatic heterocycles. The largest absolute Gasteiger partial charge is 0.349 e. The first-order valence-corrected chi connectivity index (χ1v) is 11.8. The molecule has 1 amide bonds. The molecule has 3 rings (SSSR count). The molecule has 2 N–H and O–H groups in total. The van der Waals surface area contributed by atoms with Crippen molar-refractivity contribution in [2.75, 3.05) is 11.3 Å². The number of carbonyl (C=O) groups is 1. The highest BCUT2D eigenvalue weighted by Gasteiger charge is 2.16. The molecule has 0 unspecified atom stereocenters. The smallest absolute Gasteiger partial charge is 0.271 e. The molecule has 3 aromatic rings. The molecule has 0 aliphatic carbocycles. The van der Waals surface area contributed by atoms with E-state index in [1.165, 1.54) is 24.0 Å². The third kappa shape index (κ3) is 5.83. The zero-order valence-corrected chi connectivity index (χ0v) is 18.2. The molecule has 0 bridgehead atoms. The van der Waals surface area contributed by atoms with Crippen molar-refractivity contribution in [2.24, 2.45) is 0 Å². The number of nitrogens with zero attached hydrogens (tertiary/aromatic N) is 1. The molecule has 29 heavy (non-hydrogen) atoms. The van der Waals surface area contributed by atoms with E-state index in [1.54, 1.807) is 48.5 Å². The number of pyridine rings is 1. The molecule has 0 radical (unpaired) electrons. The highest BCUT2D eigenvalue weighted by atomic mass is 35.5. The Morgan fingerprint density at radius 1 is 1.17 bits per heavy atom. The third-order valence-electron chi connectivity index (χ3n) is 3.55. The lowest BCUT2D eigenvalue weighted by molar-refractivity contribution is 0.0957. The lowest BCUT2D eigenvalue weighted by Crippen LogP contribution is -2.23. The van der Waals surface area contributed by atoms with Crippen LogP contribution < -0.4 is 10.0 Å². The molecule has 2 heterocycles. The van der Waals surface area contributed by atoms with Crippen molar-refractivity contribution < 1.29 is 13.2 Å². The lowest BCUT2D eigenvalue weighted by Gasteiger charge is -2.07. The van der Waals surface area contributed by atoms with E-state index in [0.717, 1.165) is 16.2 Å². The normalized spacial score (nSPS) is 11.1. The van der Waals surface area contributed by atoms with Gasteiger partial charge in [-0.05, 0) is 48.5 Å². The van der Waals surface area contributed by atoms with Crippen LogP contribution in [0.5, 0.6) is 0 Å². The quantitative estimate of drug-likeness (QED) is 0.472. The summed E-state index contributed by atoms with van der Waals surface area (Å²) in [5.74, 6) is -0.211. The fourth-order valence-corrected chi connectivity index (χ4v) is 5.50. The van der Waals surface area contributed by atoms with Gasteiger partial charge in [0.05, 0.1) is 9.90 Å². The van der Waals surface area contributed by atoms with Gasteiger partial charge in [-0.2, -0.15) is 0 Å². The van der Waals surface area contributed by atoms with Gasteiger partial charge in [-0.25, -0.2) is 13.4 Å². The molecule has 0 atom stereocenters. The van der Waals surface area contributed by atoms with Crippen LogP contribution in [-0.2, 0) is 10.0 Å². The summed E-state index contributed by atoms with van der Waals surface area (Å²) in [6.07, 6.45) is 3.12. The maximum absolute atomic E-state index is 12.3. The highest BCUT2D eigenvalue weighted by molar-refractivity contribution is 7.99. The van der Waals surface area contributed by atoms with Crippen molar-refractivity contribution in [2.45, 2.75) is 14.1 Å². The number of amides is 1. The fraction of sp³-hybridized carbons (Fsp3) is 0.0526. The monoisotopic (exact) mass is 465 g/mol. The van der Waals surface area contributed by atoms with E-state index in [0.29, 0.717) is 27.2 Å². The van der Waals surface area contributed by atoms with Gasteiger partial charge in [0.15, 0.2) is 0 Å². The third-order valence-corrected chi connectivity index (χ3v) is 7.61. The summed E-state index contributed by atoms with van der Waals surface area (Å²) in [5, 5.41) is 3.40. The Kier molecular flexibility index (Phi) is 6.96. The predicted molar refractivity (Wildman–Crippen MR) is 117 cm³/mol. The summed E-state index contributed by atoms with van der Waals surface area (Å²) in [6.45, 7) is 3.95. The molecule has 10 heteroatoms. The summed E-state index contributed by atoms with van der Waals surface area (Å²) in [7, 11) is -3.66. The molecule has 0 spiro atoms. The van der Waals surface area contributed by atoms with Crippen molar-refractivity contribution in [1.82, 2.24) is 10.3 Å². The molecule has 0 saturated carbocycles. The van der Waals surface area contributed by atoms with Gasteiger partial charge in [0.2, 0.25) is 0 Å². The summed E-state index contributed by atoms with van der Waals surface area (Å²) in [6, 6.07) is 13.4. The average Bonchev–Trinajstić information content (AvgIpc) is 3.15. The number of benzene rings is 1. The van der Waals surface area contributed by atoms with Crippen LogP contribution in [0.4, 0.5) is 5.69 Å². The number of anilines is 1. The van der Waals surface area contributed by atoms with Gasteiger partial charge in [0, 0.05) is 23.3 Å². The Balaban J connectivity index is 1.63. The molecular formula is C19H16ClN3O3S3. The van der Waals surface area contributed by atoms with E-state index >= 15 is 0 Å². The Labute approximate surface area is 182 Å². The van der Waals surface area contributed by atoms with Crippen molar-refractivity contribution in [3.05, 3.63) is 77.3 Å². The summed E-state index contributed by atoms with van der Waals surface area (Å²) in [4.78, 5) is 17.0. The van der Waals surface area contributed by atoms with Crippen molar-refractivity contribution in [3.8, 4) is 0 Å². The first-order chi connectivity index (χ1) is 13.9. The number of carbonyl (C=O) groups excluding carboxylic acids is 1. The molecule has 0 saturated heterocycles. The number of hydrogen-bond acceptors (Lipinski definition) is 6. The highest BCUT2D eigenvalue weighted by Crippen LogP contribution is 2.29. The topological polar surface area (TPSA) is 88.2 Å². The number of halogens is 1. The first kappa shape index (κ1) is 21.4. The van der Waals surface area contributed by atoms with Crippen LogP contribution in [0.1, 0.15) is 10.4 Å². The van der Waals surface area contributed by atoms with Crippen LogP contribution in [0.2, 0.25) is 4.34 Å². The van der Waals surface area contributed by atoms with Crippen LogP contribution in [0, 0.1) is 0 Å². The average molecular weight is 466 g/mol. The SMILES string of the molecule is C=CCNC(=O)c1ccc(Sc2ccc(NS(=O)(=O)c3ccc(Cl)s3)cc2)nc1. The standard InChI is InChI=1S/C19H16ClN3O3S3/c1-2-11-21-19(24)13-3-9-17(22-12-13)27-15-6-4-14(5-7-15)23-29(25,26)18-10-8-16(20)28-18/h2-10,12,23H,1,11H2,(H,21,24). The van der Waals surface area contributed by atoms with Crippen LogP contribution in [0.3, 0.4) is 0 Å². The van der Waals surface area contributed by atoms with Crippen LogP contribution >= 0.6 is 34.7 Å². The Hall–Kier alpha value is -2.33. The fourth-order valence-electron chi connectivity index (χ4n) is 2.20. The molecule has 0 aliphatic rings. The van der Waals surface area contributed by atoms with Gasteiger partial charge in [-0.3, -0.25) is 9.52 Å². The van der Waals surface area contributed by atoms with Crippen LogP contribution in [0.15, 0.2) is 81.5 Å². The van der Waals surface area contributed by atoms with E-state index in [1.807, 2.05) is 0 Å². The van der Waals surface area contributed by atoms with E-state index in [2.05, 4.69) is 21.6 Å². The molecule has 150 valence electrons. The van der Waals surface area contributed by atoms with Gasteiger partial charge >= 0.3 is 0 Å². The molecule has 0 aliphatic heterocycles. The second-order valence-corrected chi connectivity index (χ2v) is 10.4. The summed E-state index contributed by atoms with van der Waals surface area (Å²) < 4.78 is 27.8. The number of hydrogen-bond donors (Lipinski definition) is 2. The predicted octanol–water partition coefficient (Wildman–Crippen LogP) is 4.66. The van der Waals surface area contributed by atoms with Gasteiger partial charge in [0.25, 0.3) is 15.9 Å². The maximum atomic E-state index is 12.3. The number of rotatable bonds is 8. The van der Waals surface area contributed by atoms with Gasteiger partial charge in [0.1, 0.15) is 9.24 Å². The number of aromatic nitrogens is 1. The zero-order chi connectivity index (χ0) is 20.9. The van der Waals surface area contributed by atoms with E-state index in [-0.39, 0.29) is 10.1 Å². The molecule has 1 aromatic carbocycles. The lowest BCUT2D eigenvalue weighted by atomic mass is 10.3. The van der Waals surface area contributed by atoms with E-state index < -0.39 is 10.0 Å². The second kappa shape index (κ2) is 9.45. The maximum Gasteiger partial charge on any atom is 0.271 e. The zero-order valence-electron chi connectivity index (χ0n) is 15.0. The minimum Gasteiger partial charge on any atom is -0.349 e.